The summed E-state index contributed by atoms with van der Waals surface area (Å²) < 4.78 is 0. The molecule has 1 aromatic carbocycles. The van der Waals surface area contributed by atoms with E-state index in [-0.39, 0.29) is 64.2 Å². The Balaban J connectivity index is -0.000000247. The van der Waals surface area contributed by atoms with Crippen LogP contribution in [0.4, 0.5) is 0 Å². The van der Waals surface area contributed by atoms with E-state index in [1.54, 1.807) is 20.8 Å². The maximum Gasteiger partial charge on any atom is 1.00 e. The SMILES string of the molecule is CC(C)(C)O.[CH2-]C(C)(C)c1ccccc1.[CH3-].[K+]. The Kier molecular flexibility index (Phi) is 13.1. The molecule has 0 spiro atoms. The van der Waals surface area contributed by atoms with Gasteiger partial charge in [-0.05, 0) is 20.8 Å². The fraction of sp³-hybridized carbons (Fsp3) is 0.467. The fourth-order valence-corrected chi connectivity index (χ4v) is 0.889. The minimum Gasteiger partial charge on any atom is -0.391 e. The van der Waals surface area contributed by atoms with Crippen LogP contribution in [-0.4, -0.2) is 10.7 Å². The molecule has 0 saturated heterocycles. The zero-order valence-electron chi connectivity index (χ0n) is 12.5. The Hall–Kier alpha value is 0.816. The van der Waals surface area contributed by atoms with Crippen LogP contribution in [0, 0.1) is 14.4 Å². The summed E-state index contributed by atoms with van der Waals surface area (Å²) >= 11 is 0. The van der Waals surface area contributed by atoms with Crippen molar-refractivity contribution in [2.75, 3.05) is 0 Å². The average Bonchev–Trinajstić information content (AvgIpc) is 2.01. The molecule has 0 aliphatic carbocycles. The molecule has 1 aromatic rings. The maximum atomic E-state index is 8.52. The summed E-state index contributed by atoms with van der Waals surface area (Å²) in [6.45, 7) is 13.5. The predicted octanol–water partition coefficient (Wildman–Crippen LogP) is 1.03. The third-order valence-corrected chi connectivity index (χ3v) is 1.56. The van der Waals surface area contributed by atoms with Gasteiger partial charge in [0.2, 0.25) is 0 Å². The van der Waals surface area contributed by atoms with E-state index < -0.39 is 5.60 Å². The van der Waals surface area contributed by atoms with Gasteiger partial charge < -0.3 is 19.5 Å². The molecule has 0 atom stereocenters. The number of hydrogen-bond donors (Lipinski definition) is 1. The predicted molar refractivity (Wildman–Crippen MR) is 73.2 cm³/mol. The van der Waals surface area contributed by atoms with Crippen molar-refractivity contribution in [2.45, 2.75) is 45.6 Å². The molecule has 1 N–H and O–H groups in total. The van der Waals surface area contributed by atoms with Crippen molar-refractivity contribution in [1.29, 1.82) is 0 Å². The monoisotopic (exact) mass is 261 g/mol. The summed E-state index contributed by atoms with van der Waals surface area (Å²) in [5, 5.41) is 8.52. The van der Waals surface area contributed by atoms with E-state index in [0.29, 0.717) is 0 Å². The third kappa shape index (κ3) is 16.8. The molecule has 0 aliphatic rings. The molecule has 2 heteroatoms. The van der Waals surface area contributed by atoms with Crippen LogP contribution < -0.4 is 51.4 Å². The summed E-state index contributed by atoms with van der Waals surface area (Å²) in [4.78, 5) is 0. The first-order chi connectivity index (χ1) is 6.61. The van der Waals surface area contributed by atoms with E-state index in [1.807, 2.05) is 18.2 Å². The van der Waals surface area contributed by atoms with E-state index in [2.05, 4.69) is 32.9 Å². The Bertz CT molecular complexity index is 261. The van der Waals surface area contributed by atoms with E-state index in [0.717, 1.165) is 0 Å². The Morgan fingerprint density at radius 1 is 0.941 bits per heavy atom. The van der Waals surface area contributed by atoms with Gasteiger partial charge in [0.05, 0.1) is 5.60 Å². The number of benzene rings is 1. The molecule has 0 aliphatic heterocycles. The molecule has 0 heterocycles. The molecular formula is C15H26KO-. The van der Waals surface area contributed by atoms with Crippen LogP contribution in [0.25, 0.3) is 0 Å². The van der Waals surface area contributed by atoms with Crippen molar-refractivity contribution in [3.05, 3.63) is 50.2 Å². The summed E-state index contributed by atoms with van der Waals surface area (Å²) in [6, 6.07) is 10.3. The number of hydrogen-bond acceptors (Lipinski definition) is 1. The zero-order chi connectivity index (χ0) is 12.1. The standard InChI is InChI=1S/C10H13.C4H10O.CH3.K/c1-10(2,3)9-7-5-4-6-8-9;1-4(2,3)5;;/h4-8H,1H2,2-3H3;5H,1-3H3;1H3;/q-1;;-1;+1. The topological polar surface area (TPSA) is 20.2 Å². The van der Waals surface area contributed by atoms with Gasteiger partial charge in [0.1, 0.15) is 0 Å². The first kappa shape index (κ1) is 23.0. The molecule has 1 nitrogen and oxygen atoms in total. The first-order valence-corrected chi connectivity index (χ1v) is 5.24. The summed E-state index contributed by atoms with van der Waals surface area (Å²) in [5.74, 6) is 0. The Labute approximate surface area is 150 Å². The Morgan fingerprint density at radius 2 is 1.24 bits per heavy atom. The van der Waals surface area contributed by atoms with Gasteiger partial charge in [0.15, 0.2) is 0 Å². The van der Waals surface area contributed by atoms with E-state index >= 15 is 0 Å². The van der Waals surface area contributed by atoms with Gasteiger partial charge >= 0.3 is 51.4 Å². The van der Waals surface area contributed by atoms with Crippen LogP contribution in [0.2, 0.25) is 0 Å². The second-order valence-electron chi connectivity index (χ2n) is 5.42. The van der Waals surface area contributed by atoms with Gasteiger partial charge in [-0.25, -0.2) is 0 Å². The number of aliphatic hydroxyl groups is 1. The quantitative estimate of drug-likeness (QED) is 0.591. The molecule has 0 aromatic heterocycles. The van der Waals surface area contributed by atoms with Crippen molar-refractivity contribution < 1.29 is 56.5 Å². The molecule has 0 saturated carbocycles. The minimum atomic E-state index is -0.500. The van der Waals surface area contributed by atoms with E-state index in [9.17, 15) is 0 Å². The van der Waals surface area contributed by atoms with Crippen LogP contribution in [0.15, 0.2) is 30.3 Å². The van der Waals surface area contributed by atoms with Crippen molar-refractivity contribution >= 4 is 0 Å². The van der Waals surface area contributed by atoms with Gasteiger partial charge in [0, 0.05) is 0 Å². The van der Waals surface area contributed by atoms with Gasteiger partial charge in [-0.1, -0.05) is 49.7 Å². The summed E-state index contributed by atoms with van der Waals surface area (Å²) in [7, 11) is 0. The second kappa shape index (κ2) is 9.71. The normalized spacial score (nSPS) is 10.3. The molecule has 0 unspecified atom stereocenters. The molecule has 0 fully saturated rings. The largest absolute Gasteiger partial charge is 1.00 e. The molecule has 1 rings (SSSR count). The molecule has 0 radical (unpaired) electrons. The zero-order valence-corrected chi connectivity index (χ0v) is 15.7. The average molecular weight is 261 g/mol. The van der Waals surface area contributed by atoms with Crippen LogP contribution in [-0.2, 0) is 5.41 Å². The van der Waals surface area contributed by atoms with Gasteiger partial charge in [-0.15, -0.1) is 5.41 Å². The van der Waals surface area contributed by atoms with Gasteiger partial charge in [-0.2, -0.15) is 0 Å². The Morgan fingerprint density at radius 3 is 1.41 bits per heavy atom. The van der Waals surface area contributed by atoms with Crippen molar-refractivity contribution in [2.24, 2.45) is 0 Å². The smallest absolute Gasteiger partial charge is 0.391 e. The number of rotatable bonds is 1. The van der Waals surface area contributed by atoms with Crippen molar-refractivity contribution in [3.8, 4) is 0 Å². The molecule has 17 heavy (non-hydrogen) atoms. The fourth-order valence-electron chi connectivity index (χ4n) is 0.889. The van der Waals surface area contributed by atoms with Crippen LogP contribution in [0.5, 0.6) is 0 Å². The van der Waals surface area contributed by atoms with Crippen molar-refractivity contribution in [1.82, 2.24) is 0 Å². The minimum absolute atomic E-state index is 0. The molecule has 94 valence electrons. The maximum absolute atomic E-state index is 8.52. The van der Waals surface area contributed by atoms with Crippen LogP contribution in [0.1, 0.15) is 40.2 Å². The third-order valence-electron chi connectivity index (χ3n) is 1.56. The summed E-state index contributed by atoms with van der Waals surface area (Å²) in [6.07, 6.45) is 0. The first-order valence-electron chi connectivity index (χ1n) is 5.24. The van der Waals surface area contributed by atoms with E-state index in [1.165, 1.54) is 5.56 Å². The van der Waals surface area contributed by atoms with Crippen LogP contribution in [0.3, 0.4) is 0 Å². The van der Waals surface area contributed by atoms with Gasteiger partial charge in [0.25, 0.3) is 0 Å². The molecule has 0 amide bonds. The summed E-state index contributed by atoms with van der Waals surface area (Å²) in [5.41, 5.74) is 0.830. The molecular weight excluding hydrogens is 235 g/mol. The van der Waals surface area contributed by atoms with E-state index in [4.69, 9.17) is 5.11 Å². The second-order valence-corrected chi connectivity index (χ2v) is 5.42. The van der Waals surface area contributed by atoms with Crippen LogP contribution >= 0.6 is 0 Å². The van der Waals surface area contributed by atoms with Crippen molar-refractivity contribution in [3.63, 3.8) is 0 Å². The molecule has 0 bridgehead atoms. The van der Waals surface area contributed by atoms with Gasteiger partial charge in [-0.3, -0.25) is 0 Å².